The first kappa shape index (κ1) is 12.3. The molecule has 0 spiro atoms. The predicted molar refractivity (Wildman–Crippen MR) is 77.4 cm³/mol. The molecule has 1 aromatic carbocycles. The van der Waals surface area contributed by atoms with Gasteiger partial charge in [-0.05, 0) is 37.5 Å². The van der Waals surface area contributed by atoms with Gasteiger partial charge in [-0.2, -0.15) is 0 Å². The highest BCUT2D eigenvalue weighted by Gasteiger charge is 2.11. The summed E-state index contributed by atoms with van der Waals surface area (Å²) in [6, 6.07) is 10.4. The average molecular weight is 273 g/mol. The van der Waals surface area contributed by atoms with Crippen LogP contribution < -0.4 is 5.32 Å². The summed E-state index contributed by atoms with van der Waals surface area (Å²) in [5.41, 5.74) is 0. The first-order valence-corrected chi connectivity index (χ1v) is 7.14. The van der Waals surface area contributed by atoms with Gasteiger partial charge in [-0.1, -0.05) is 18.2 Å². The van der Waals surface area contributed by atoms with Crippen LogP contribution in [-0.2, 0) is 6.42 Å². The first-order chi connectivity index (χ1) is 9.36. The van der Waals surface area contributed by atoms with Gasteiger partial charge in [0.2, 0.25) is 5.89 Å². The monoisotopic (exact) mass is 273 g/mol. The van der Waals surface area contributed by atoms with Crippen molar-refractivity contribution in [2.24, 2.45) is 0 Å². The molecule has 0 radical (unpaired) electrons. The van der Waals surface area contributed by atoms with Crippen LogP contribution >= 0.6 is 11.3 Å². The Kier molecular flexibility index (Phi) is 3.57. The second-order valence-corrected chi connectivity index (χ2v) is 5.44. The van der Waals surface area contributed by atoms with Crippen molar-refractivity contribution in [2.45, 2.75) is 12.8 Å². The summed E-state index contributed by atoms with van der Waals surface area (Å²) in [5.74, 6) is 1.34. The Balaban J connectivity index is 1.81. The molecule has 0 saturated carbocycles. The second-order valence-electron chi connectivity index (χ2n) is 4.36. The van der Waals surface area contributed by atoms with Gasteiger partial charge in [-0.15, -0.1) is 21.5 Å². The molecule has 3 rings (SSSR count). The van der Waals surface area contributed by atoms with E-state index in [1.807, 2.05) is 19.2 Å². The molecule has 19 heavy (non-hydrogen) atoms. The standard InChI is InChI=1S/C14H15N3OS/c1-15-8-4-7-13-16-17-14(18-13)12-9-10-5-2-3-6-11(10)19-12/h2-3,5-6,9,15H,4,7-8H2,1H3. The van der Waals surface area contributed by atoms with Crippen LogP contribution in [0.15, 0.2) is 34.7 Å². The molecule has 0 aliphatic rings. The number of rotatable bonds is 5. The van der Waals surface area contributed by atoms with Gasteiger partial charge in [0.05, 0.1) is 4.88 Å². The lowest BCUT2D eigenvalue weighted by atomic mass is 10.2. The van der Waals surface area contributed by atoms with Crippen LogP contribution in [-0.4, -0.2) is 23.8 Å². The lowest BCUT2D eigenvalue weighted by molar-refractivity contribution is 0.495. The highest BCUT2D eigenvalue weighted by atomic mass is 32.1. The van der Waals surface area contributed by atoms with Crippen LogP contribution in [0.2, 0.25) is 0 Å². The number of hydrogen-bond acceptors (Lipinski definition) is 5. The van der Waals surface area contributed by atoms with Gasteiger partial charge in [0.15, 0.2) is 0 Å². The first-order valence-electron chi connectivity index (χ1n) is 6.33. The zero-order valence-electron chi connectivity index (χ0n) is 10.7. The summed E-state index contributed by atoms with van der Waals surface area (Å²) in [6.45, 7) is 0.959. The fourth-order valence-electron chi connectivity index (χ4n) is 1.96. The summed E-state index contributed by atoms with van der Waals surface area (Å²) < 4.78 is 6.95. The van der Waals surface area contributed by atoms with Crippen molar-refractivity contribution in [3.8, 4) is 10.8 Å². The molecule has 0 unspecified atom stereocenters. The molecule has 0 atom stereocenters. The molecule has 3 aromatic rings. The molecule has 5 heteroatoms. The van der Waals surface area contributed by atoms with E-state index in [4.69, 9.17) is 4.42 Å². The Morgan fingerprint density at radius 2 is 2.16 bits per heavy atom. The molecule has 98 valence electrons. The van der Waals surface area contributed by atoms with Crippen molar-refractivity contribution < 1.29 is 4.42 Å². The third-order valence-corrected chi connectivity index (χ3v) is 4.02. The topological polar surface area (TPSA) is 51.0 Å². The molecule has 2 aromatic heterocycles. The predicted octanol–water partition coefficient (Wildman–Crippen LogP) is 3.10. The maximum absolute atomic E-state index is 5.71. The summed E-state index contributed by atoms with van der Waals surface area (Å²) in [4.78, 5) is 1.04. The van der Waals surface area contributed by atoms with Crippen molar-refractivity contribution in [1.82, 2.24) is 15.5 Å². The lowest BCUT2D eigenvalue weighted by Gasteiger charge is -1.94. The van der Waals surface area contributed by atoms with Gasteiger partial charge in [0.25, 0.3) is 5.89 Å². The Hall–Kier alpha value is -1.72. The zero-order chi connectivity index (χ0) is 13.1. The van der Waals surface area contributed by atoms with Gasteiger partial charge >= 0.3 is 0 Å². The highest BCUT2D eigenvalue weighted by Crippen LogP contribution is 2.32. The summed E-state index contributed by atoms with van der Waals surface area (Å²) in [7, 11) is 1.94. The molecular formula is C14H15N3OS. The third kappa shape index (κ3) is 2.67. The van der Waals surface area contributed by atoms with Gasteiger partial charge < -0.3 is 9.73 Å². The molecule has 0 aliphatic heterocycles. The van der Waals surface area contributed by atoms with Crippen molar-refractivity contribution in [3.05, 3.63) is 36.2 Å². The molecule has 0 amide bonds. The number of aryl methyl sites for hydroxylation is 1. The molecule has 0 aliphatic carbocycles. The summed E-state index contributed by atoms with van der Waals surface area (Å²) in [6.07, 6.45) is 1.82. The van der Waals surface area contributed by atoms with Gasteiger partial charge in [-0.3, -0.25) is 0 Å². The van der Waals surface area contributed by atoms with Crippen molar-refractivity contribution in [2.75, 3.05) is 13.6 Å². The number of hydrogen-bond donors (Lipinski definition) is 1. The van der Waals surface area contributed by atoms with E-state index in [0.717, 1.165) is 24.3 Å². The number of benzene rings is 1. The maximum Gasteiger partial charge on any atom is 0.257 e. The van der Waals surface area contributed by atoms with Crippen LogP contribution in [0.4, 0.5) is 0 Å². The van der Waals surface area contributed by atoms with E-state index in [1.54, 1.807) is 11.3 Å². The summed E-state index contributed by atoms with van der Waals surface area (Å²) >= 11 is 1.68. The van der Waals surface area contributed by atoms with Gasteiger partial charge in [0.1, 0.15) is 0 Å². The molecule has 1 N–H and O–H groups in total. The molecule has 4 nitrogen and oxygen atoms in total. The number of nitrogens with one attached hydrogen (secondary N) is 1. The van der Waals surface area contributed by atoms with E-state index in [1.165, 1.54) is 10.1 Å². The largest absolute Gasteiger partial charge is 0.420 e. The Morgan fingerprint density at radius 1 is 1.26 bits per heavy atom. The van der Waals surface area contributed by atoms with Crippen molar-refractivity contribution in [3.63, 3.8) is 0 Å². The molecule has 0 fully saturated rings. The third-order valence-electron chi connectivity index (χ3n) is 2.92. The zero-order valence-corrected chi connectivity index (χ0v) is 11.5. The average Bonchev–Trinajstić information content (AvgIpc) is 3.04. The molecule has 2 heterocycles. The van der Waals surface area contributed by atoms with Gasteiger partial charge in [-0.25, -0.2) is 0 Å². The lowest BCUT2D eigenvalue weighted by Crippen LogP contribution is -2.08. The SMILES string of the molecule is CNCCCc1nnc(-c2cc3ccccc3s2)o1. The minimum atomic E-state index is 0.626. The minimum absolute atomic E-state index is 0.626. The highest BCUT2D eigenvalue weighted by molar-refractivity contribution is 7.22. The van der Waals surface area contributed by atoms with Crippen LogP contribution in [0, 0.1) is 0 Å². The van der Waals surface area contributed by atoms with E-state index >= 15 is 0 Å². The van der Waals surface area contributed by atoms with E-state index in [9.17, 15) is 0 Å². The fourth-order valence-corrected chi connectivity index (χ4v) is 2.94. The van der Waals surface area contributed by atoms with E-state index in [0.29, 0.717) is 11.8 Å². The smallest absolute Gasteiger partial charge is 0.257 e. The number of nitrogens with zero attached hydrogens (tertiary/aromatic N) is 2. The van der Waals surface area contributed by atoms with E-state index in [-0.39, 0.29) is 0 Å². The van der Waals surface area contributed by atoms with Crippen molar-refractivity contribution >= 4 is 21.4 Å². The summed E-state index contributed by atoms with van der Waals surface area (Å²) in [5, 5.41) is 12.6. The normalized spacial score (nSPS) is 11.2. The van der Waals surface area contributed by atoms with Gasteiger partial charge in [0, 0.05) is 11.1 Å². The quantitative estimate of drug-likeness (QED) is 0.726. The Bertz CT molecular complexity index is 641. The van der Waals surface area contributed by atoms with Crippen LogP contribution in [0.1, 0.15) is 12.3 Å². The van der Waals surface area contributed by atoms with E-state index < -0.39 is 0 Å². The van der Waals surface area contributed by atoms with E-state index in [2.05, 4.69) is 33.7 Å². The minimum Gasteiger partial charge on any atom is -0.420 e. The van der Waals surface area contributed by atoms with Crippen LogP contribution in [0.5, 0.6) is 0 Å². The van der Waals surface area contributed by atoms with Crippen LogP contribution in [0.25, 0.3) is 20.9 Å². The van der Waals surface area contributed by atoms with Crippen molar-refractivity contribution in [1.29, 1.82) is 0 Å². The number of aromatic nitrogens is 2. The Morgan fingerprint density at radius 3 is 3.00 bits per heavy atom. The maximum atomic E-state index is 5.71. The van der Waals surface area contributed by atoms with Crippen LogP contribution in [0.3, 0.4) is 0 Å². The Labute approximate surface area is 115 Å². The molecular weight excluding hydrogens is 258 g/mol. The fraction of sp³-hybridized carbons (Fsp3) is 0.286. The second kappa shape index (κ2) is 5.50. The number of thiophene rings is 1. The molecule has 0 saturated heterocycles. The molecule has 0 bridgehead atoms. The number of fused-ring (bicyclic) bond motifs is 1.